The van der Waals surface area contributed by atoms with Crippen molar-refractivity contribution < 1.29 is 24.1 Å². The van der Waals surface area contributed by atoms with E-state index in [-0.39, 0.29) is 13.2 Å². The molecule has 1 aromatic heterocycles. The molecule has 142 valence electrons. The minimum atomic E-state index is -0.736. The summed E-state index contributed by atoms with van der Waals surface area (Å²) in [6.45, 7) is 6.19. The molecule has 7 nitrogen and oxygen atoms in total. The maximum Gasteiger partial charge on any atom is 0.341 e. The van der Waals surface area contributed by atoms with Crippen LogP contribution in [0.4, 0.5) is 0 Å². The molecule has 1 aromatic carbocycles. The molecule has 0 saturated carbocycles. The van der Waals surface area contributed by atoms with Crippen molar-refractivity contribution in [1.82, 2.24) is 9.78 Å². The molecule has 0 aliphatic heterocycles. The number of hydrogen-bond donors (Lipinski definition) is 1. The summed E-state index contributed by atoms with van der Waals surface area (Å²) in [5, 5.41) is 14.2. The fourth-order valence-electron chi connectivity index (χ4n) is 2.21. The van der Waals surface area contributed by atoms with E-state index in [9.17, 15) is 9.90 Å². The molecule has 1 N–H and O–H groups in total. The van der Waals surface area contributed by atoms with Crippen molar-refractivity contribution >= 4 is 5.97 Å². The Kier molecular flexibility index (Phi) is 6.76. The first-order chi connectivity index (χ1) is 12.3. The van der Waals surface area contributed by atoms with Crippen LogP contribution in [-0.2, 0) is 22.6 Å². The lowest BCUT2D eigenvalue weighted by Crippen LogP contribution is -2.24. The fourth-order valence-corrected chi connectivity index (χ4v) is 2.21. The van der Waals surface area contributed by atoms with Gasteiger partial charge in [0.25, 0.3) is 0 Å². The predicted molar refractivity (Wildman–Crippen MR) is 96.1 cm³/mol. The van der Waals surface area contributed by atoms with Crippen LogP contribution in [0.5, 0.6) is 5.75 Å². The largest absolute Gasteiger partial charge is 0.497 e. The third-order valence-corrected chi connectivity index (χ3v) is 3.40. The van der Waals surface area contributed by atoms with E-state index in [1.54, 1.807) is 34.1 Å². The first kappa shape index (κ1) is 19.9. The van der Waals surface area contributed by atoms with Gasteiger partial charge in [-0.25, -0.2) is 4.79 Å². The topological polar surface area (TPSA) is 82.8 Å². The highest BCUT2D eigenvalue weighted by Crippen LogP contribution is 2.13. The van der Waals surface area contributed by atoms with Crippen molar-refractivity contribution in [1.29, 1.82) is 0 Å². The average molecular weight is 362 g/mol. The third kappa shape index (κ3) is 6.50. The molecule has 2 aromatic rings. The molecule has 1 unspecified atom stereocenters. The smallest absolute Gasteiger partial charge is 0.341 e. The first-order valence-corrected chi connectivity index (χ1v) is 8.41. The van der Waals surface area contributed by atoms with Gasteiger partial charge in [-0.1, -0.05) is 12.1 Å². The molecule has 0 saturated heterocycles. The minimum absolute atomic E-state index is 0.160. The number of aliphatic hydroxyl groups excluding tert-OH is 1. The van der Waals surface area contributed by atoms with Crippen LogP contribution < -0.4 is 4.74 Å². The van der Waals surface area contributed by atoms with Crippen molar-refractivity contribution in [2.24, 2.45) is 0 Å². The number of aromatic nitrogens is 2. The Labute approximate surface area is 153 Å². The van der Waals surface area contributed by atoms with Crippen LogP contribution in [0.15, 0.2) is 36.7 Å². The molecule has 0 aliphatic carbocycles. The SMILES string of the molecule is COc1ccc(COCC(O)Cn2cc(C(=O)OC(C)(C)C)cn2)cc1. The zero-order valence-corrected chi connectivity index (χ0v) is 15.6. The van der Waals surface area contributed by atoms with Gasteiger partial charge < -0.3 is 19.3 Å². The summed E-state index contributed by atoms with van der Waals surface area (Å²) in [6, 6.07) is 7.53. The fraction of sp³-hybridized carbons (Fsp3) is 0.474. The van der Waals surface area contributed by atoms with Gasteiger partial charge in [-0.3, -0.25) is 4.68 Å². The first-order valence-electron chi connectivity index (χ1n) is 8.41. The number of aliphatic hydroxyl groups is 1. The molecule has 0 bridgehead atoms. The van der Waals surface area contributed by atoms with Crippen molar-refractivity contribution in [3.63, 3.8) is 0 Å². The van der Waals surface area contributed by atoms with Gasteiger partial charge in [-0.15, -0.1) is 0 Å². The maximum absolute atomic E-state index is 12.0. The second-order valence-electron chi connectivity index (χ2n) is 6.97. The molecule has 0 aliphatic rings. The zero-order chi connectivity index (χ0) is 19.2. The van der Waals surface area contributed by atoms with Gasteiger partial charge in [0.05, 0.1) is 44.7 Å². The molecule has 0 fully saturated rings. The minimum Gasteiger partial charge on any atom is -0.497 e. The molecule has 0 radical (unpaired) electrons. The van der Waals surface area contributed by atoms with Gasteiger partial charge >= 0.3 is 5.97 Å². The Bertz CT molecular complexity index is 703. The number of ether oxygens (including phenoxy) is 3. The van der Waals surface area contributed by atoms with Crippen LogP contribution in [0, 0.1) is 0 Å². The van der Waals surface area contributed by atoms with Crippen LogP contribution in [-0.4, -0.2) is 46.3 Å². The molecule has 1 heterocycles. The Morgan fingerprint density at radius 3 is 2.58 bits per heavy atom. The lowest BCUT2D eigenvalue weighted by atomic mass is 10.2. The molecule has 1 atom stereocenters. The Balaban J connectivity index is 1.77. The predicted octanol–water partition coefficient (Wildman–Crippen LogP) is 2.42. The van der Waals surface area contributed by atoms with Crippen LogP contribution >= 0.6 is 0 Å². The summed E-state index contributed by atoms with van der Waals surface area (Å²) in [5.74, 6) is 0.349. The zero-order valence-electron chi connectivity index (χ0n) is 15.6. The summed E-state index contributed by atoms with van der Waals surface area (Å²) >= 11 is 0. The summed E-state index contributed by atoms with van der Waals surface area (Å²) in [6.07, 6.45) is 2.25. The van der Waals surface area contributed by atoms with Gasteiger partial charge in [-0.05, 0) is 38.5 Å². The van der Waals surface area contributed by atoms with Gasteiger partial charge in [0.1, 0.15) is 11.4 Å². The van der Waals surface area contributed by atoms with E-state index in [0.29, 0.717) is 12.2 Å². The molecular formula is C19H26N2O5. The lowest BCUT2D eigenvalue weighted by molar-refractivity contribution is 0.00680. The lowest BCUT2D eigenvalue weighted by Gasteiger charge is -2.18. The highest BCUT2D eigenvalue weighted by molar-refractivity contribution is 5.89. The standard InChI is InChI=1S/C19H26N2O5/c1-19(2,3)26-18(23)15-9-20-21(10-15)11-16(22)13-25-12-14-5-7-17(24-4)8-6-14/h5-10,16,22H,11-13H2,1-4H3. The van der Waals surface area contributed by atoms with Gasteiger partial charge in [-0.2, -0.15) is 5.10 Å². The maximum atomic E-state index is 12.0. The number of rotatable bonds is 8. The van der Waals surface area contributed by atoms with Crippen LogP contribution in [0.3, 0.4) is 0 Å². The third-order valence-electron chi connectivity index (χ3n) is 3.40. The van der Waals surface area contributed by atoms with Crippen molar-refractivity contribution in [2.75, 3.05) is 13.7 Å². The Morgan fingerprint density at radius 1 is 1.27 bits per heavy atom. The average Bonchev–Trinajstić information content (AvgIpc) is 3.02. The van der Waals surface area contributed by atoms with Crippen molar-refractivity contribution in [2.45, 2.75) is 45.6 Å². The van der Waals surface area contributed by atoms with Crippen LogP contribution in [0.25, 0.3) is 0 Å². The number of esters is 1. The monoisotopic (exact) mass is 362 g/mol. The van der Waals surface area contributed by atoms with E-state index in [0.717, 1.165) is 11.3 Å². The number of carbonyl (C=O) groups excluding carboxylic acids is 1. The summed E-state index contributed by atoms with van der Waals surface area (Å²) < 4.78 is 17.4. The summed E-state index contributed by atoms with van der Waals surface area (Å²) in [5.41, 5.74) is 0.782. The molecule has 7 heteroatoms. The second-order valence-corrected chi connectivity index (χ2v) is 6.97. The van der Waals surface area contributed by atoms with Crippen molar-refractivity contribution in [3.8, 4) is 5.75 Å². The number of benzene rings is 1. The van der Waals surface area contributed by atoms with Gasteiger partial charge in [0.2, 0.25) is 0 Å². The van der Waals surface area contributed by atoms with Crippen molar-refractivity contribution in [3.05, 3.63) is 47.8 Å². The molecular weight excluding hydrogens is 336 g/mol. The molecule has 0 spiro atoms. The summed E-state index contributed by atoms with van der Waals surface area (Å²) in [7, 11) is 1.62. The van der Waals surface area contributed by atoms with Crippen LogP contribution in [0.1, 0.15) is 36.7 Å². The van der Waals surface area contributed by atoms with E-state index in [1.165, 1.54) is 10.9 Å². The second kappa shape index (κ2) is 8.82. The normalized spacial score (nSPS) is 12.7. The number of nitrogens with zero attached hydrogens (tertiary/aromatic N) is 2. The molecule has 26 heavy (non-hydrogen) atoms. The van der Waals surface area contributed by atoms with E-state index < -0.39 is 17.7 Å². The number of hydrogen-bond acceptors (Lipinski definition) is 6. The quantitative estimate of drug-likeness (QED) is 0.726. The van der Waals surface area contributed by atoms with E-state index in [2.05, 4.69) is 5.10 Å². The van der Waals surface area contributed by atoms with E-state index >= 15 is 0 Å². The number of methoxy groups -OCH3 is 1. The summed E-state index contributed by atoms with van der Waals surface area (Å²) in [4.78, 5) is 12.0. The molecule has 2 rings (SSSR count). The van der Waals surface area contributed by atoms with E-state index in [4.69, 9.17) is 14.2 Å². The highest BCUT2D eigenvalue weighted by Gasteiger charge is 2.19. The van der Waals surface area contributed by atoms with Crippen LogP contribution in [0.2, 0.25) is 0 Å². The Hall–Kier alpha value is -2.38. The van der Waals surface area contributed by atoms with E-state index in [1.807, 2.05) is 24.3 Å². The Morgan fingerprint density at radius 2 is 1.96 bits per heavy atom. The highest BCUT2D eigenvalue weighted by atomic mass is 16.6. The van der Waals surface area contributed by atoms with Gasteiger partial charge in [0, 0.05) is 6.20 Å². The number of carbonyl (C=O) groups is 1. The van der Waals surface area contributed by atoms with Gasteiger partial charge in [0.15, 0.2) is 0 Å². The molecule has 0 amide bonds.